The monoisotopic (exact) mass is 882 g/mol. The van der Waals surface area contributed by atoms with Crippen molar-refractivity contribution in [3.05, 3.63) is 35.9 Å². The maximum Gasteiger partial charge on any atom is 0.311 e. The third-order valence-corrected chi connectivity index (χ3v) is 14.0. The van der Waals surface area contributed by atoms with E-state index in [1.807, 2.05) is 64.9 Å². The summed E-state index contributed by atoms with van der Waals surface area (Å²) >= 11 is 0. The summed E-state index contributed by atoms with van der Waals surface area (Å²) in [5.41, 5.74) is -3.30. The van der Waals surface area contributed by atoms with Crippen LogP contribution in [0.3, 0.4) is 0 Å². The molecule has 0 bridgehead atoms. The van der Waals surface area contributed by atoms with Gasteiger partial charge in [0.1, 0.15) is 30.0 Å². The van der Waals surface area contributed by atoms with Crippen LogP contribution in [-0.4, -0.2) is 172 Å². The van der Waals surface area contributed by atoms with Gasteiger partial charge < -0.3 is 64.2 Å². The number of ether oxygens (including phenoxy) is 6. The van der Waals surface area contributed by atoms with E-state index in [0.29, 0.717) is 32.6 Å². The third-order valence-electron chi connectivity index (χ3n) is 14.0. The van der Waals surface area contributed by atoms with Crippen LogP contribution >= 0.6 is 0 Å². The molecule has 358 valence electrons. The fourth-order valence-corrected chi connectivity index (χ4v) is 10.1. The van der Waals surface area contributed by atoms with Gasteiger partial charge in [-0.05, 0) is 113 Å². The molecule has 3 aliphatic rings. The average molecular weight is 882 g/mol. The van der Waals surface area contributed by atoms with E-state index in [1.54, 1.807) is 34.6 Å². The number of cyclic esters (lactones) is 1. The van der Waals surface area contributed by atoms with Gasteiger partial charge in [0.05, 0.1) is 41.5 Å². The molecule has 3 aliphatic heterocycles. The molecule has 15 heteroatoms. The minimum atomic E-state index is -1.84. The Morgan fingerprint density at radius 1 is 0.935 bits per heavy atom. The number of hydrogen-bond donors (Lipinski definition) is 6. The molecule has 0 aromatic heterocycles. The number of carbonyl (C=O) groups is 1. The highest BCUT2D eigenvalue weighted by molar-refractivity contribution is 5.73. The third kappa shape index (κ3) is 12.9. The lowest BCUT2D eigenvalue weighted by Gasteiger charge is -2.48. The first kappa shape index (κ1) is 52.8. The van der Waals surface area contributed by atoms with Crippen molar-refractivity contribution in [1.29, 1.82) is 0 Å². The van der Waals surface area contributed by atoms with Gasteiger partial charge in [-0.15, -0.1) is 0 Å². The second-order valence-electron chi connectivity index (χ2n) is 19.7. The lowest BCUT2D eigenvalue weighted by molar-refractivity contribution is -0.318. The Kier molecular flexibility index (Phi) is 19.2. The molecule has 6 N–H and O–H groups in total. The van der Waals surface area contributed by atoms with E-state index in [4.69, 9.17) is 28.4 Å². The molecule has 0 radical (unpaired) electrons. The number of likely N-dealkylation sites (N-methyl/N-ethyl adjacent to an activating group) is 1. The molecule has 0 saturated carbocycles. The Morgan fingerprint density at radius 2 is 1.60 bits per heavy atom. The fourth-order valence-electron chi connectivity index (χ4n) is 10.1. The van der Waals surface area contributed by atoms with Crippen molar-refractivity contribution in [3.8, 4) is 0 Å². The van der Waals surface area contributed by atoms with Gasteiger partial charge in [0, 0.05) is 44.6 Å². The van der Waals surface area contributed by atoms with E-state index in [2.05, 4.69) is 22.3 Å². The molecular weight excluding hydrogens is 799 g/mol. The summed E-state index contributed by atoms with van der Waals surface area (Å²) in [6.45, 7) is 20.3. The summed E-state index contributed by atoms with van der Waals surface area (Å²) in [6.07, 6.45) is -7.71. The van der Waals surface area contributed by atoms with Crippen molar-refractivity contribution in [2.75, 3.05) is 40.8 Å². The highest BCUT2D eigenvalue weighted by Gasteiger charge is 2.53. The number of hydrogen-bond acceptors (Lipinski definition) is 15. The van der Waals surface area contributed by atoms with Crippen LogP contribution in [0.4, 0.5) is 0 Å². The summed E-state index contributed by atoms with van der Waals surface area (Å²) in [4.78, 5) is 18.6. The molecular formula is C47H83N3O12. The number of aliphatic hydroxyl groups excluding tert-OH is 3. The van der Waals surface area contributed by atoms with Crippen LogP contribution in [0.2, 0.25) is 0 Å². The van der Waals surface area contributed by atoms with Gasteiger partial charge in [0.25, 0.3) is 0 Å². The summed E-state index contributed by atoms with van der Waals surface area (Å²) in [6, 6.07) is 9.29. The van der Waals surface area contributed by atoms with E-state index in [0.717, 1.165) is 6.42 Å². The lowest BCUT2D eigenvalue weighted by atomic mass is 9.77. The number of aliphatic hydroxyl groups is 5. The second-order valence-corrected chi connectivity index (χ2v) is 19.7. The zero-order valence-electron chi connectivity index (χ0n) is 39.9. The molecule has 1 aromatic carbocycles. The first-order valence-electron chi connectivity index (χ1n) is 23.0. The maximum absolute atomic E-state index is 14.5. The van der Waals surface area contributed by atoms with Gasteiger partial charge >= 0.3 is 5.97 Å². The van der Waals surface area contributed by atoms with Crippen molar-refractivity contribution >= 4 is 5.97 Å². The van der Waals surface area contributed by atoms with E-state index >= 15 is 0 Å². The molecule has 3 saturated heterocycles. The van der Waals surface area contributed by atoms with Crippen molar-refractivity contribution in [1.82, 2.24) is 15.1 Å². The van der Waals surface area contributed by atoms with Crippen LogP contribution in [0.5, 0.6) is 0 Å². The number of nitrogens with zero attached hydrogens (tertiary/aromatic N) is 2. The maximum atomic E-state index is 14.5. The number of rotatable bonds is 13. The number of methoxy groups -OCH3 is 1. The smallest absolute Gasteiger partial charge is 0.311 e. The summed E-state index contributed by atoms with van der Waals surface area (Å²) in [5.74, 6) is -2.67. The van der Waals surface area contributed by atoms with Gasteiger partial charge in [0.15, 0.2) is 12.6 Å². The van der Waals surface area contributed by atoms with Gasteiger partial charge in [0.2, 0.25) is 0 Å². The number of esters is 1. The van der Waals surface area contributed by atoms with Crippen molar-refractivity contribution in [2.45, 2.75) is 198 Å². The zero-order valence-corrected chi connectivity index (χ0v) is 39.9. The van der Waals surface area contributed by atoms with Crippen LogP contribution < -0.4 is 5.32 Å². The van der Waals surface area contributed by atoms with Gasteiger partial charge in [-0.25, -0.2) is 0 Å². The topological polar surface area (TPSA) is 192 Å². The van der Waals surface area contributed by atoms with E-state index < -0.39 is 96.0 Å². The quantitative estimate of drug-likeness (QED) is 0.125. The normalized spacial score (nSPS) is 43.5. The van der Waals surface area contributed by atoms with Crippen molar-refractivity contribution in [3.63, 3.8) is 0 Å². The van der Waals surface area contributed by atoms with E-state index in [9.17, 15) is 30.3 Å². The number of carbonyl (C=O) groups excluding carboxylic acids is 1. The van der Waals surface area contributed by atoms with Gasteiger partial charge in [-0.3, -0.25) is 9.69 Å². The van der Waals surface area contributed by atoms with Gasteiger partial charge in [-0.2, -0.15) is 0 Å². The molecule has 3 fully saturated rings. The minimum absolute atomic E-state index is 0.124. The number of benzene rings is 1. The molecule has 4 rings (SSSR count). The van der Waals surface area contributed by atoms with Gasteiger partial charge in [-0.1, -0.05) is 51.1 Å². The lowest BCUT2D eigenvalue weighted by Crippen LogP contribution is -2.60. The Hall–Kier alpha value is -1.83. The molecule has 0 spiro atoms. The van der Waals surface area contributed by atoms with Crippen LogP contribution in [0, 0.1) is 17.8 Å². The summed E-state index contributed by atoms with van der Waals surface area (Å²) < 4.78 is 38.1. The Morgan fingerprint density at radius 3 is 2.21 bits per heavy atom. The Labute approximate surface area is 371 Å². The molecule has 18 atom stereocenters. The van der Waals surface area contributed by atoms with Crippen LogP contribution in [-0.2, 0) is 39.8 Å². The minimum Gasteiger partial charge on any atom is -0.459 e. The second kappa shape index (κ2) is 22.6. The highest BCUT2D eigenvalue weighted by atomic mass is 16.7. The highest BCUT2D eigenvalue weighted by Crippen LogP contribution is 2.40. The molecule has 0 aliphatic carbocycles. The average Bonchev–Trinajstić information content (AvgIpc) is 3.21. The van der Waals surface area contributed by atoms with E-state index in [1.165, 1.54) is 19.6 Å². The zero-order chi connectivity index (χ0) is 46.3. The first-order valence-corrected chi connectivity index (χ1v) is 23.0. The van der Waals surface area contributed by atoms with Crippen LogP contribution in [0.25, 0.3) is 0 Å². The predicted molar refractivity (Wildman–Crippen MR) is 236 cm³/mol. The number of nitrogens with one attached hydrogen (secondary N) is 1. The molecule has 62 heavy (non-hydrogen) atoms. The van der Waals surface area contributed by atoms with Crippen LogP contribution in [0.1, 0.15) is 107 Å². The molecule has 2 unspecified atom stereocenters. The standard InChI is InChI=1S/C47H83N3O12/c1-14-36-47(10,56)40(52)32(6)50(22-18-21-48-26-34-19-16-15-17-20-34)27-28(2)24-45(8,55)42(62-44-38(51)35(49(11)12)23-29(3)58-44)30(4)39(31(5)43(54)60-36)61-37-25-46(9,57-13)41(53)33(7)59-37/h15-17,19-20,28-33,35-42,44,48,51-53,55-56H,14,18,21-27H2,1-13H3/t28-,29-,30+,31-,32-,33+,35+,36-,37?,38-,39+,40+,41+,42-,44+,45?,46-,47-/m1/s1. The molecule has 15 nitrogen and oxygen atoms in total. The first-order chi connectivity index (χ1) is 29.0. The Bertz CT molecular complexity index is 1510. The SMILES string of the molecule is CC[C@H]1OC(=O)[C@H](C)[C@@H](OC2C[C@@](C)(OC)[C@@H](O)[C@H](C)O2)[C@H](C)[C@@H](O[C@@H]2O[C@H](C)C[C@H](N(C)C)[C@H]2O)C(C)(O)C[C@@H](C)CN(CCCNCc2ccccc2)[C@H](C)[C@H](O)[C@]1(C)O. The Balaban J connectivity index is 1.76. The molecule has 0 amide bonds. The van der Waals surface area contributed by atoms with Crippen molar-refractivity contribution in [2.24, 2.45) is 17.8 Å². The van der Waals surface area contributed by atoms with Crippen LogP contribution in [0.15, 0.2) is 30.3 Å². The molecule has 3 heterocycles. The summed E-state index contributed by atoms with van der Waals surface area (Å²) in [5, 5.41) is 63.2. The molecule has 1 aromatic rings. The summed E-state index contributed by atoms with van der Waals surface area (Å²) in [7, 11) is 5.30. The van der Waals surface area contributed by atoms with Crippen molar-refractivity contribution < 1.29 is 58.7 Å². The van der Waals surface area contributed by atoms with E-state index in [-0.39, 0.29) is 37.3 Å². The largest absolute Gasteiger partial charge is 0.459 e. The predicted octanol–water partition coefficient (Wildman–Crippen LogP) is 3.45. The fraction of sp³-hybridized carbons (Fsp3) is 0.851.